The second-order valence-corrected chi connectivity index (χ2v) is 6.98. The Labute approximate surface area is 149 Å². The molecule has 2 N–H and O–H groups in total. The molecule has 2 heterocycles. The summed E-state index contributed by atoms with van der Waals surface area (Å²) >= 11 is 0. The largest absolute Gasteiger partial charge is 0.481 e. The third-order valence-corrected chi connectivity index (χ3v) is 5.53. The lowest BCUT2D eigenvalue weighted by Gasteiger charge is -2.23. The summed E-state index contributed by atoms with van der Waals surface area (Å²) in [6.07, 6.45) is 5.49. The number of benzene rings is 1. The van der Waals surface area contributed by atoms with Gasteiger partial charge in [-0.05, 0) is 43.0 Å². The molecule has 2 atom stereocenters. The predicted molar refractivity (Wildman–Crippen MR) is 91.5 cm³/mol. The van der Waals surface area contributed by atoms with Gasteiger partial charge in [-0.1, -0.05) is 6.42 Å². The van der Waals surface area contributed by atoms with Crippen LogP contribution in [0.4, 0.5) is 14.9 Å². The molecule has 0 spiro atoms. The van der Waals surface area contributed by atoms with Crippen LogP contribution in [0.3, 0.4) is 0 Å². The van der Waals surface area contributed by atoms with Crippen LogP contribution in [0.5, 0.6) is 0 Å². The average molecular weight is 358 g/mol. The molecule has 1 saturated heterocycles. The number of anilines is 1. The molecule has 2 fully saturated rings. The molecule has 4 rings (SSSR count). The van der Waals surface area contributed by atoms with E-state index in [1.165, 1.54) is 21.7 Å². The van der Waals surface area contributed by atoms with Crippen molar-refractivity contribution in [2.75, 3.05) is 18.4 Å². The molecule has 1 saturated carbocycles. The second-order valence-electron chi connectivity index (χ2n) is 6.98. The highest BCUT2D eigenvalue weighted by atomic mass is 19.1. The van der Waals surface area contributed by atoms with Crippen molar-refractivity contribution in [1.29, 1.82) is 0 Å². The van der Waals surface area contributed by atoms with Crippen molar-refractivity contribution in [2.45, 2.75) is 19.3 Å². The topological polar surface area (TPSA) is 87.5 Å². The van der Waals surface area contributed by atoms with Crippen molar-refractivity contribution in [3.05, 3.63) is 42.5 Å². The highest BCUT2D eigenvalue weighted by Crippen LogP contribution is 2.48. The van der Waals surface area contributed by atoms with Crippen LogP contribution in [0.1, 0.15) is 19.3 Å². The van der Waals surface area contributed by atoms with Gasteiger partial charge in [-0.25, -0.2) is 13.9 Å². The Hall–Kier alpha value is -2.90. The molecule has 0 unspecified atom stereocenters. The van der Waals surface area contributed by atoms with E-state index >= 15 is 0 Å². The van der Waals surface area contributed by atoms with Gasteiger partial charge in [0.25, 0.3) is 0 Å². The van der Waals surface area contributed by atoms with Gasteiger partial charge >= 0.3 is 12.0 Å². The number of likely N-dealkylation sites (tertiary alicyclic amines) is 1. The van der Waals surface area contributed by atoms with Crippen LogP contribution in [-0.4, -0.2) is 44.9 Å². The molecular formula is C18H19FN4O3. The normalized spacial score (nSPS) is 24.5. The summed E-state index contributed by atoms with van der Waals surface area (Å²) in [4.78, 5) is 25.8. The molecule has 0 bridgehead atoms. The van der Waals surface area contributed by atoms with Crippen molar-refractivity contribution in [3.8, 4) is 5.69 Å². The second kappa shape index (κ2) is 6.12. The Morgan fingerprint density at radius 1 is 1.38 bits per heavy atom. The number of amides is 2. The summed E-state index contributed by atoms with van der Waals surface area (Å²) in [5.41, 5.74) is -0.217. The number of aliphatic carboxylic acids is 1. The number of nitrogens with zero attached hydrogens (tertiary/aromatic N) is 3. The number of carbonyl (C=O) groups excluding carboxylic acids is 1. The zero-order valence-electron chi connectivity index (χ0n) is 14.1. The predicted octanol–water partition coefficient (Wildman–Crippen LogP) is 2.73. The lowest BCUT2D eigenvalue weighted by atomic mass is 9.81. The van der Waals surface area contributed by atoms with E-state index in [9.17, 15) is 19.1 Å². The molecule has 26 heavy (non-hydrogen) atoms. The van der Waals surface area contributed by atoms with E-state index in [2.05, 4.69) is 10.4 Å². The Morgan fingerprint density at radius 2 is 2.23 bits per heavy atom. The molecule has 0 radical (unpaired) electrons. The van der Waals surface area contributed by atoms with Crippen LogP contribution >= 0.6 is 0 Å². The fraction of sp³-hybridized carbons (Fsp3) is 0.389. The van der Waals surface area contributed by atoms with Gasteiger partial charge in [-0.2, -0.15) is 5.10 Å². The molecule has 136 valence electrons. The smallest absolute Gasteiger partial charge is 0.321 e. The van der Waals surface area contributed by atoms with E-state index in [0.29, 0.717) is 18.7 Å². The van der Waals surface area contributed by atoms with Gasteiger partial charge in [0.2, 0.25) is 0 Å². The first-order chi connectivity index (χ1) is 12.5. The van der Waals surface area contributed by atoms with E-state index in [1.807, 2.05) is 0 Å². The van der Waals surface area contributed by atoms with Crippen molar-refractivity contribution in [1.82, 2.24) is 14.7 Å². The van der Waals surface area contributed by atoms with Crippen LogP contribution in [0, 0.1) is 17.2 Å². The van der Waals surface area contributed by atoms with Crippen LogP contribution in [0.25, 0.3) is 5.69 Å². The van der Waals surface area contributed by atoms with E-state index in [-0.39, 0.29) is 18.2 Å². The van der Waals surface area contributed by atoms with Gasteiger partial charge in [0.05, 0.1) is 5.41 Å². The van der Waals surface area contributed by atoms with Crippen LogP contribution in [0.15, 0.2) is 36.7 Å². The minimum atomic E-state index is -0.829. The molecular weight excluding hydrogens is 339 g/mol. The summed E-state index contributed by atoms with van der Waals surface area (Å²) in [5.74, 6) is -1.35. The molecule has 1 aromatic heterocycles. The van der Waals surface area contributed by atoms with Gasteiger partial charge in [-0.15, -0.1) is 0 Å². The highest BCUT2D eigenvalue weighted by Gasteiger charge is 2.55. The maximum atomic E-state index is 14.3. The van der Waals surface area contributed by atoms with E-state index in [1.54, 1.807) is 24.5 Å². The average Bonchev–Trinajstić information content (AvgIpc) is 3.30. The quantitative estimate of drug-likeness (QED) is 0.883. The van der Waals surface area contributed by atoms with E-state index in [0.717, 1.165) is 12.8 Å². The number of carboxylic acid groups (broad SMARTS) is 1. The lowest BCUT2D eigenvalue weighted by Crippen LogP contribution is -2.38. The van der Waals surface area contributed by atoms with Crippen molar-refractivity contribution in [3.63, 3.8) is 0 Å². The SMILES string of the molecule is O=C(Nc1ccc(-n2cccn2)c(F)c1)N1C[C@@H]2CCC[C@@]2(C(=O)O)C1. The number of nitrogens with one attached hydrogen (secondary N) is 1. The minimum Gasteiger partial charge on any atom is -0.481 e. The van der Waals surface area contributed by atoms with Gasteiger partial charge in [0.1, 0.15) is 5.69 Å². The number of hydrogen-bond donors (Lipinski definition) is 2. The summed E-state index contributed by atoms with van der Waals surface area (Å²) in [5, 5.41) is 16.3. The molecule has 8 heteroatoms. The fourth-order valence-electron chi connectivity index (χ4n) is 4.18. The summed E-state index contributed by atoms with van der Waals surface area (Å²) < 4.78 is 15.7. The molecule has 1 aliphatic heterocycles. The summed E-state index contributed by atoms with van der Waals surface area (Å²) in [6, 6.07) is 5.67. The first-order valence-electron chi connectivity index (χ1n) is 8.58. The van der Waals surface area contributed by atoms with Crippen molar-refractivity contribution in [2.24, 2.45) is 11.3 Å². The van der Waals surface area contributed by atoms with Crippen molar-refractivity contribution < 1.29 is 19.1 Å². The third-order valence-electron chi connectivity index (χ3n) is 5.53. The van der Waals surface area contributed by atoms with Crippen LogP contribution < -0.4 is 5.32 Å². The van der Waals surface area contributed by atoms with Gasteiger partial charge in [-0.3, -0.25) is 4.79 Å². The maximum absolute atomic E-state index is 14.3. The number of hydrogen-bond acceptors (Lipinski definition) is 3. The van der Waals surface area contributed by atoms with Crippen LogP contribution in [0.2, 0.25) is 0 Å². The van der Waals surface area contributed by atoms with Crippen molar-refractivity contribution >= 4 is 17.7 Å². The number of urea groups is 1. The summed E-state index contributed by atoms with van der Waals surface area (Å²) in [6.45, 7) is 0.624. The molecule has 1 aromatic carbocycles. The molecule has 2 amide bonds. The number of rotatable bonds is 3. The van der Waals surface area contributed by atoms with Crippen LogP contribution in [-0.2, 0) is 4.79 Å². The number of carbonyl (C=O) groups is 2. The molecule has 7 nitrogen and oxygen atoms in total. The fourth-order valence-corrected chi connectivity index (χ4v) is 4.18. The Kier molecular flexibility index (Phi) is 3.90. The first kappa shape index (κ1) is 16.6. The van der Waals surface area contributed by atoms with E-state index < -0.39 is 23.2 Å². The molecule has 2 aliphatic rings. The molecule has 1 aliphatic carbocycles. The zero-order valence-corrected chi connectivity index (χ0v) is 14.1. The molecule has 2 aromatic rings. The van der Waals surface area contributed by atoms with Gasteiger partial charge < -0.3 is 15.3 Å². The Bertz CT molecular complexity index is 854. The monoisotopic (exact) mass is 358 g/mol. The minimum absolute atomic E-state index is 0.00956. The van der Waals surface area contributed by atoms with E-state index in [4.69, 9.17) is 0 Å². The number of fused-ring (bicyclic) bond motifs is 1. The number of aromatic nitrogens is 2. The Morgan fingerprint density at radius 3 is 2.88 bits per heavy atom. The number of carboxylic acids is 1. The standard InChI is InChI=1S/C18H19FN4O3/c19-14-9-13(4-5-15(14)23-8-2-7-20-23)21-17(26)22-10-12-3-1-6-18(12,11-22)16(24)25/h2,4-5,7-9,12H,1,3,6,10-11H2,(H,21,26)(H,24,25)/t12-,18+/m0/s1. The highest BCUT2D eigenvalue weighted by molar-refractivity contribution is 5.90. The maximum Gasteiger partial charge on any atom is 0.321 e. The number of halogens is 1. The third kappa shape index (κ3) is 2.61. The zero-order chi connectivity index (χ0) is 18.3. The van der Waals surface area contributed by atoms with Gasteiger partial charge in [0.15, 0.2) is 5.82 Å². The van der Waals surface area contributed by atoms with Gasteiger partial charge in [0, 0.05) is 31.2 Å². The Balaban J connectivity index is 1.47. The summed E-state index contributed by atoms with van der Waals surface area (Å²) in [7, 11) is 0. The first-order valence-corrected chi connectivity index (χ1v) is 8.58. The lowest BCUT2D eigenvalue weighted by molar-refractivity contribution is -0.149.